The summed E-state index contributed by atoms with van der Waals surface area (Å²) in [5.41, 5.74) is 5.75. The summed E-state index contributed by atoms with van der Waals surface area (Å²) in [6.07, 6.45) is 3.71. The average molecular weight is 866 g/mol. The van der Waals surface area contributed by atoms with Gasteiger partial charge in [0, 0.05) is 77.0 Å². The van der Waals surface area contributed by atoms with Gasteiger partial charge in [-0.2, -0.15) is 5.26 Å². The number of anilines is 1. The fraction of sp³-hybridized carbons (Fsp3) is 0.354. The van der Waals surface area contributed by atoms with E-state index in [0.717, 1.165) is 78.4 Å². The Morgan fingerprint density at radius 3 is 2.30 bits per heavy atom. The van der Waals surface area contributed by atoms with E-state index in [4.69, 9.17) is 20.8 Å². The molecule has 0 unspecified atom stereocenters. The van der Waals surface area contributed by atoms with E-state index in [9.17, 15) is 19.6 Å². The van der Waals surface area contributed by atoms with Crippen LogP contribution in [0.25, 0.3) is 33.2 Å². The molecule has 1 aliphatic carbocycles. The lowest BCUT2D eigenvalue weighted by molar-refractivity contribution is -0.121. The van der Waals surface area contributed by atoms with Crippen molar-refractivity contribution < 1.29 is 35.9 Å². The number of benzene rings is 4. The van der Waals surface area contributed by atoms with Gasteiger partial charge in [-0.15, -0.1) is 0 Å². The van der Waals surface area contributed by atoms with Crippen molar-refractivity contribution in [1.29, 1.82) is 5.26 Å². The Morgan fingerprint density at radius 2 is 1.61 bits per heavy atom. The summed E-state index contributed by atoms with van der Waals surface area (Å²) < 4.78 is 15.7. The molecule has 2 aliphatic rings. The van der Waals surface area contributed by atoms with Crippen LogP contribution in [-0.4, -0.2) is 68.7 Å². The third-order valence-corrected chi connectivity index (χ3v) is 11.4. The fourth-order valence-electron chi connectivity index (χ4n) is 7.86. The molecule has 0 fully saturated rings. The molecular weight excluding hydrogens is 811 g/mol. The molecular formula is C48H54Cl2N6O5. The van der Waals surface area contributed by atoms with Crippen LogP contribution in [0.3, 0.4) is 0 Å². The number of halogens is 2. The molecule has 0 radical (unpaired) electrons. The summed E-state index contributed by atoms with van der Waals surface area (Å²) in [6.45, 7) is 12.5. The number of carbonyl (C=O) groups excluding carboxylic acids is 3. The molecule has 3 aromatic carbocycles. The zero-order valence-electron chi connectivity index (χ0n) is 35.6. The van der Waals surface area contributed by atoms with Crippen molar-refractivity contribution in [1.82, 2.24) is 19.8 Å². The van der Waals surface area contributed by atoms with Gasteiger partial charge in [-0.05, 0) is 119 Å². The second kappa shape index (κ2) is 21.6. The fourth-order valence-corrected chi connectivity index (χ4v) is 7.98. The van der Waals surface area contributed by atoms with Gasteiger partial charge in [-0.3, -0.25) is 19.0 Å². The van der Waals surface area contributed by atoms with E-state index >= 15 is 0 Å². The van der Waals surface area contributed by atoms with Gasteiger partial charge < -0.3 is 37.1 Å². The smallest absolute Gasteiger partial charge is 0.262 e. The van der Waals surface area contributed by atoms with Gasteiger partial charge in [-0.25, -0.2) is 4.58 Å². The molecule has 61 heavy (non-hydrogen) atoms. The number of amides is 2. The molecule has 320 valence electrons. The summed E-state index contributed by atoms with van der Waals surface area (Å²) >= 11 is 6.05. The number of methoxy groups -OCH3 is 1. The van der Waals surface area contributed by atoms with Crippen molar-refractivity contribution in [3.05, 3.63) is 112 Å². The Kier molecular flexibility index (Phi) is 16.4. The maximum Gasteiger partial charge on any atom is 0.262 e. The van der Waals surface area contributed by atoms with Gasteiger partial charge in [0.2, 0.25) is 17.2 Å². The SMILES string of the molecule is CCN(CCCCCC(=O)NCCCNC(=O)Cc1c(C)n(C(=O)c2ccc(Cl)cc2)c2ccc(OC)cc12)c1ccc2oc3cc(=[N+](CC)CC)ccc-3c(C#N)c2c1.[Cl-]. The van der Waals surface area contributed by atoms with Crippen LogP contribution in [-0.2, 0) is 16.0 Å². The van der Waals surface area contributed by atoms with E-state index < -0.39 is 0 Å². The topological polar surface area (TPSA) is 133 Å². The monoisotopic (exact) mass is 864 g/mol. The molecule has 1 aliphatic heterocycles. The number of nitrogens with one attached hydrogen (secondary N) is 2. The quantitative estimate of drug-likeness (QED) is 0.0700. The first kappa shape index (κ1) is 46.2. The van der Waals surface area contributed by atoms with Crippen molar-refractivity contribution in [2.75, 3.05) is 51.3 Å². The molecule has 11 nitrogen and oxygen atoms in total. The highest BCUT2D eigenvalue weighted by Crippen LogP contribution is 2.35. The van der Waals surface area contributed by atoms with Crippen molar-refractivity contribution in [2.24, 2.45) is 0 Å². The minimum Gasteiger partial charge on any atom is -1.00 e. The molecule has 0 bridgehead atoms. The molecule has 0 saturated carbocycles. The minimum absolute atomic E-state index is 0. The standard InChI is InChI=1S/C48H53ClN6O5.ClH/c1-6-53(7-2)36-18-21-38-42(31-50)41-27-35(19-23-44(41)60-45(38)28-36)54(8-3)26-11-9-10-13-46(56)51-24-12-25-52-47(57)30-39-32(4)55(43-22-20-37(59-5)29-40(39)43)48(58)33-14-16-34(49)17-15-33;/h14-23,27-29H,6-13,24-26,30H2,1-5H3,(H-,51,52,56,57);1H. The Morgan fingerprint density at radius 1 is 0.869 bits per heavy atom. The van der Waals surface area contributed by atoms with Crippen molar-refractivity contribution in [2.45, 2.75) is 66.2 Å². The predicted molar refractivity (Wildman–Crippen MR) is 239 cm³/mol. The third-order valence-electron chi connectivity index (χ3n) is 11.2. The van der Waals surface area contributed by atoms with E-state index in [2.05, 4.69) is 65.1 Å². The van der Waals surface area contributed by atoms with Crippen LogP contribution in [0.1, 0.15) is 80.1 Å². The Balaban J connectivity index is 0.00000704. The Bertz CT molecular complexity index is 2580. The lowest BCUT2D eigenvalue weighted by atomic mass is 10.00. The van der Waals surface area contributed by atoms with Crippen LogP contribution in [0.4, 0.5) is 5.69 Å². The normalized spacial score (nSPS) is 11.0. The minimum atomic E-state index is -0.211. The van der Waals surface area contributed by atoms with Crippen LogP contribution < -0.4 is 42.6 Å². The zero-order valence-corrected chi connectivity index (χ0v) is 37.1. The summed E-state index contributed by atoms with van der Waals surface area (Å²) in [5.74, 6) is 0.947. The second-order valence-electron chi connectivity index (χ2n) is 14.8. The Hall–Kier alpha value is -5.83. The summed E-state index contributed by atoms with van der Waals surface area (Å²) in [4.78, 5) is 41.6. The lowest BCUT2D eigenvalue weighted by Crippen LogP contribution is -3.00. The lowest BCUT2D eigenvalue weighted by Gasteiger charge is -2.24. The molecule has 0 spiro atoms. The molecule has 1 aromatic heterocycles. The number of carbonyl (C=O) groups is 3. The van der Waals surface area contributed by atoms with E-state index in [1.165, 1.54) is 0 Å². The van der Waals surface area contributed by atoms with Gasteiger partial charge in [0.05, 0.1) is 30.7 Å². The van der Waals surface area contributed by atoms with Crippen molar-refractivity contribution >= 4 is 56.9 Å². The number of rotatable bonds is 18. The van der Waals surface area contributed by atoms with Gasteiger partial charge in [0.25, 0.3) is 5.91 Å². The van der Waals surface area contributed by atoms with E-state index in [1.807, 2.05) is 37.3 Å². The largest absolute Gasteiger partial charge is 1.00 e. The van der Waals surface area contributed by atoms with Gasteiger partial charge in [-0.1, -0.05) is 18.0 Å². The molecule has 4 aromatic rings. The van der Waals surface area contributed by atoms with Crippen LogP contribution in [0, 0.1) is 18.3 Å². The van der Waals surface area contributed by atoms with Crippen molar-refractivity contribution in [3.8, 4) is 23.1 Å². The van der Waals surface area contributed by atoms with Crippen LogP contribution in [0.15, 0.2) is 83.3 Å². The number of hydrogen-bond donors (Lipinski definition) is 2. The maximum absolute atomic E-state index is 13.6. The second-order valence-corrected chi connectivity index (χ2v) is 15.3. The summed E-state index contributed by atoms with van der Waals surface area (Å²) in [7, 11) is 1.58. The van der Waals surface area contributed by atoms with E-state index in [-0.39, 0.29) is 36.5 Å². The molecule has 0 saturated heterocycles. The van der Waals surface area contributed by atoms with Crippen LogP contribution in [0.5, 0.6) is 5.75 Å². The molecule has 2 heterocycles. The number of unbranched alkanes of at least 4 members (excludes halogenated alkanes) is 2. The number of aromatic nitrogens is 1. The molecule has 0 atom stereocenters. The molecule has 2 amide bonds. The highest BCUT2D eigenvalue weighted by atomic mass is 35.5. The first-order valence-corrected chi connectivity index (χ1v) is 21.2. The zero-order chi connectivity index (χ0) is 42.8. The van der Waals surface area contributed by atoms with Gasteiger partial charge in [0.1, 0.15) is 36.3 Å². The van der Waals surface area contributed by atoms with Crippen LogP contribution >= 0.6 is 11.6 Å². The molecule has 13 heteroatoms. The van der Waals surface area contributed by atoms with E-state index in [0.29, 0.717) is 70.4 Å². The summed E-state index contributed by atoms with van der Waals surface area (Å²) in [6, 6.07) is 26.8. The van der Waals surface area contributed by atoms with Gasteiger partial charge in [0.15, 0.2) is 0 Å². The maximum atomic E-state index is 13.6. The number of fused-ring (bicyclic) bond motifs is 3. The first-order valence-electron chi connectivity index (χ1n) is 20.9. The third kappa shape index (κ3) is 10.7. The highest BCUT2D eigenvalue weighted by Gasteiger charge is 2.23. The Labute approximate surface area is 368 Å². The molecule has 2 N–H and O–H groups in total. The van der Waals surface area contributed by atoms with Gasteiger partial charge >= 0.3 is 0 Å². The molecule has 6 rings (SSSR count). The first-order chi connectivity index (χ1) is 29.1. The number of ether oxygens (including phenoxy) is 1. The summed E-state index contributed by atoms with van der Waals surface area (Å²) in [5, 5.41) is 19.3. The predicted octanol–water partition coefficient (Wildman–Crippen LogP) is 5.09. The van der Waals surface area contributed by atoms with Crippen LogP contribution in [0.2, 0.25) is 5.02 Å². The highest BCUT2D eigenvalue weighted by molar-refractivity contribution is 6.30. The van der Waals surface area contributed by atoms with Crippen molar-refractivity contribution in [3.63, 3.8) is 0 Å². The average Bonchev–Trinajstić information content (AvgIpc) is 3.53. The number of nitriles is 1. The number of nitrogens with zero attached hydrogens (tertiary/aromatic N) is 4. The van der Waals surface area contributed by atoms with E-state index in [1.54, 1.807) is 42.0 Å². The number of hydrogen-bond acceptors (Lipinski definition) is 7.